The van der Waals surface area contributed by atoms with Gasteiger partial charge in [0.05, 0.1) is 0 Å². The Morgan fingerprint density at radius 3 is 1.15 bits per heavy atom. The Morgan fingerprint density at radius 1 is 0.550 bits per heavy atom. The van der Waals surface area contributed by atoms with Crippen LogP contribution in [0.5, 0.6) is 0 Å². The first kappa shape index (κ1) is 22.2. The highest BCUT2D eigenvalue weighted by atomic mass is 35.5. The van der Waals surface area contributed by atoms with E-state index in [-0.39, 0.29) is 12.4 Å². The van der Waals surface area contributed by atoms with Crippen LogP contribution in [-0.2, 0) is 0 Å². The van der Waals surface area contributed by atoms with Crippen LogP contribution in [0.3, 0.4) is 0 Å². The Kier molecular flexibility index (Phi) is 23.6. The van der Waals surface area contributed by atoms with Gasteiger partial charge in [-0.05, 0) is 19.1 Å². The van der Waals surface area contributed by atoms with Gasteiger partial charge in [-0.25, -0.2) is 0 Å². The zero-order valence-corrected chi connectivity index (χ0v) is 14.6. The molecule has 0 aromatic carbocycles. The first-order chi connectivity index (χ1) is 9.41. The molecule has 0 amide bonds. The monoisotopic (exact) mass is 303 g/mol. The fourth-order valence-corrected chi connectivity index (χ4v) is 2.62. The van der Waals surface area contributed by atoms with Crippen molar-refractivity contribution in [1.29, 1.82) is 5.41 Å². The molecule has 0 atom stereocenters. The van der Waals surface area contributed by atoms with Gasteiger partial charge < -0.3 is 5.41 Å². The maximum Gasteiger partial charge on any atom is -0.00477 e. The predicted octanol–water partition coefficient (Wildman–Crippen LogP) is 7.32. The first-order valence-electron chi connectivity index (χ1n) is 8.90. The average molecular weight is 304 g/mol. The number of hydrogen-bond donors (Lipinski definition) is 1. The predicted molar refractivity (Wildman–Crippen MR) is 95.6 cm³/mol. The van der Waals surface area contributed by atoms with Gasteiger partial charge in [-0.1, -0.05) is 96.8 Å². The summed E-state index contributed by atoms with van der Waals surface area (Å²) in [5.41, 5.74) is 0. The second-order valence-corrected chi connectivity index (χ2v) is 5.94. The molecule has 1 N–H and O–H groups in total. The standard InChI is InChI=1S/C18H37N.ClH/c1-2-3-4-5-6-7-8-9-10-11-12-13-14-15-16-17-18-19;/h18-19H,2-17H2,1H3;1H. The zero-order valence-electron chi connectivity index (χ0n) is 13.8. The van der Waals surface area contributed by atoms with Crippen molar-refractivity contribution in [1.82, 2.24) is 0 Å². The second-order valence-electron chi connectivity index (χ2n) is 5.94. The molecular formula is C18H38ClN. The molecule has 0 aromatic rings. The van der Waals surface area contributed by atoms with E-state index in [4.69, 9.17) is 5.41 Å². The molecule has 2 heteroatoms. The molecule has 0 unspecified atom stereocenters. The van der Waals surface area contributed by atoms with Gasteiger partial charge in [-0.15, -0.1) is 12.4 Å². The summed E-state index contributed by atoms with van der Waals surface area (Å²) in [4.78, 5) is 0. The number of rotatable bonds is 16. The van der Waals surface area contributed by atoms with E-state index >= 15 is 0 Å². The van der Waals surface area contributed by atoms with Crippen molar-refractivity contribution in [2.45, 2.75) is 110 Å². The van der Waals surface area contributed by atoms with Gasteiger partial charge in [0.25, 0.3) is 0 Å². The minimum atomic E-state index is 0. The van der Waals surface area contributed by atoms with Crippen molar-refractivity contribution in [3.05, 3.63) is 0 Å². The van der Waals surface area contributed by atoms with Crippen molar-refractivity contribution >= 4 is 18.6 Å². The minimum Gasteiger partial charge on any atom is -0.313 e. The molecule has 0 saturated heterocycles. The van der Waals surface area contributed by atoms with Crippen LogP contribution in [0.25, 0.3) is 0 Å². The van der Waals surface area contributed by atoms with E-state index in [1.807, 2.05) is 0 Å². The van der Waals surface area contributed by atoms with Crippen molar-refractivity contribution in [2.24, 2.45) is 0 Å². The zero-order chi connectivity index (χ0) is 14.0. The molecule has 0 aliphatic rings. The third-order valence-corrected chi connectivity index (χ3v) is 3.95. The number of halogens is 1. The van der Waals surface area contributed by atoms with E-state index in [1.165, 1.54) is 96.3 Å². The summed E-state index contributed by atoms with van der Waals surface area (Å²) >= 11 is 0. The summed E-state index contributed by atoms with van der Waals surface area (Å²) < 4.78 is 0. The second kappa shape index (κ2) is 21.3. The molecule has 0 aromatic heterocycles. The maximum absolute atomic E-state index is 6.95. The lowest BCUT2D eigenvalue weighted by Gasteiger charge is -2.03. The molecule has 122 valence electrons. The largest absolute Gasteiger partial charge is 0.313 e. The van der Waals surface area contributed by atoms with Gasteiger partial charge >= 0.3 is 0 Å². The fourth-order valence-electron chi connectivity index (χ4n) is 2.62. The number of nitrogens with one attached hydrogen (secondary N) is 1. The van der Waals surface area contributed by atoms with E-state index in [1.54, 1.807) is 6.21 Å². The van der Waals surface area contributed by atoms with Crippen LogP contribution in [0.1, 0.15) is 110 Å². The molecule has 0 rings (SSSR count). The fraction of sp³-hybridized carbons (Fsp3) is 0.944. The number of hydrogen-bond acceptors (Lipinski definition) is 1. The SMILES string of the molecule is CCCCCCCCCCCCCCCCCC=N.Cl. The van der Waals surface area contributed by atoms with Crippen LogP contribution in [0.4, 0.5) is 0 Å². The Bertz CT molecular complexity index is 171. The smallest absolute Gasteiger partial charge is 0.00477 e. The summed E-state index contributed by atoms with van der Waals surface area (Å²) in [6, 6.07) is 0. The van der Waals surface area contributed by atoms with Crippen LogP contribution in [0, 0.1) is 5.41 Å². The average Bonchev–Trinajstić information content (AvgIpc) is 2.43. The van der Waals surface area contributed by atoms with Crippen molar-refractivity contribution in [3.63, 3.8) is 0 Å². The molecule has 0 aliphatic heterocycles. The minimum absolute atomic E-state index is 0. The quantitative estimate of drug-likeness (QED) is 0.228. The molecule has 0 spiro atoms. The summed E-state index contributed by atoms with van der Waals surface area (Å²) in [7, 11) is 0. The van der Waals surface area contributed by atoms with Crippen LogP contribution >= 0.6 is 12.4 Å². The molecular weight excluding hydrogens is 266 g/mol. The molecule has 0 aliphatic carbocycles. The van der Waals surface area contributed by atoms with E-state index in [9.17, 15) is 0 Å². The van der Waals surface area contributed by atoms with E-state index in [0.29, 0.717) is 0 Å². The molecule has 1 nitrogen and oxygen atoms in total. The third-order valence-electron chi connectivity index (χ3n) is 3.95. The van der Waals surface area contributed by atoms with Crippen LogP contribution < -0.4 is 0 Å². The van der Waals surface area contributed by atoms with Crippen molar-refractivity contribution < 1.29 is 0 Å². The lowest BCUT2D eigenvalue weighted by Crippen LogP contribution is -1.83. The summed E-state index contributed by atoms with van der Waals surface area (Å²) in [5.74, 6) is 0. The van der Waals surface area contributed by atoms with Gasteiger partial charge in [0.1, 0.15) is 0 Å². The normalized spacial score (nSPS) is 10.2. The summed E-state index contributed by atoms with van der Waals surface area (Å²) in [6.45, 7) is 2.29. The Hall–Kier alpha value is -0.0400. The van der Waals surface area contributed by atoms with Gasteiger partial charge in [-0.2, -0.15) is 0 Å². The first-order valence-corrected chi connectivity index (χ1v) is 8.90. The molecule has 0 radical (unpaired) electrons. The Balaban J connectivity index is 0. The molecule has 0 saturated carbocycles. The van der Waals surface area contributed by atoms with Crippen LogP contribution in [0.15, 0.2) is 0 Å². The van der Waals surface area contributed by atoms with E-state index in [2.05, 4.69) is 6.92 Å². The van der Waals surface area contributed by atoms with Gasteiger partial charge in [0, 0.05) is 0 Å². The lowest BCUT2D eigenvalue weighted by atomic mass is 10.0. The topological polar surface area (TPSA) is 23.9 Å². The molecule has 0 heterocycles. The van der Waals surface area contributed by atoms with E-state index in [0.717, 1.165) is 6.42 Å². The summed E-state index contributed by atoms with van der Waals surface area (Å²) in [6.07, 6.45) is 23.8. The lowest BCUT2D eigenvalue weighted by molar-refractivity contribution is 0.533. The third kappa shape index (κ3) is 20.3. The van der Waals surface area contributed by atoms with Crippen molar-refractivity contribution in [3.8, 4) is 0 Å². The van der Waals surface area contributed by atoms with Crippen LogP contribution in [0.2, 0.25) is 0 Å². The van der Waals surface area contributed by atoms with Crippen LogP contribution in [-0.4, -0.2) is 6.21 Å². The molecule has 20 heavy (non-hydrogen) atoms. The van der Waals surface area contributed by atoms with Crippen molar-refractivity contribution in [2.75, 3.05) is 0 Å². The van der Waals surface area contributed by atoms with E-state index < -0.39 is 0 Å². The highest BCUT2D eigenvalue weighted by Crippen LogP contribution is 2.13. The highest BCUT2D eigenvalue weighted by molar-refractivity contribution is 5.85. The van der Waals surface area contributed by atoms with Gasteiger partial charge in [-0.3, -0.25) is 0 Å². The summed E-state index contributed by atoms with van der Waals surface area (Å²) in [5, 5.41) is 6.95. The molecule has 0 bridgehead atoms. The Labute approximate surface area is 134 Å². The highest BCUT2D eigenvalue weighted by Gasteiger charge is 1.93. The van der Waals surface area contributed by atoms with Gasteiger partial charge in [0.15, 0.2) is 0 Å². The number of unbranched alkanes of at least 4 members (excludes halogenated alkanes) is 15. The van der Waals surface area contributed by atoms with Gasteiger partial charge in [0.2, 0.25) is 0 Å². The molecule has 0 fully saturated rings. The Morgan fingerprint density at radius 2 is 0.850 bits per heavy atom. The maximum atomic E-state index is 6.95.